The predicted octanol–water partition coefficient (Wildman–Crippen LogP) is 17.5. The number of rotatable bonds is 64. The summed E-state index contributed by atoms with van der Waals surface area (Å²) in [6.45, 7) is 4.68. The van der Waals surface area contributed by atoms with Gasteiger partial charge in [0.25, 0.3) is 0 Å². The first kappa shape index (κ1) is 80.1. The van der Waals surface area contributed by atoms with Gasteiger partial charge in [-0.05, 0) is 25.7 Å². The van der Waals surface area contributed by atoms with Crippen molar-refractivity contribution < 1.29 is 80.2 Å². The second-order valence-corrected chi connectivity index (χ2v) is 25.7. The van der Waals surface area contributed by atoms with Crippen molar-refractivity contribution in [2.45, 2.75) is 341 Å². The molecular weight excluding hydrogens is 1090 g/mol. The molecule has 0 aliphatic rings. The average molecular weight is 1210 g/mol. The number of carbonyl (C=O) groups excluding carboxylic acids is 4. The Morgan fingerprint density at radius 2 is 0.488 bits per heavy atom. The second kappa shape index (κ2) is 58.1. The lowest BCUT2D eigenvalue weighted by Crippen LogP contribution is -2.30. The average Bonchev–Trinajstić information content (AvgIpc) is 3.49. The zero-order chi connectivity index (χ0) is 60.5. The van der Waals surface area contributed by atoms with Crippen molar-refractivity contribution in [3.05, 3.63) is 0 Å². The number of ether oxygens (including phenoxy) is 4. The van der Waals surface area contributed by atoms with E-state index in [4.69, 9.17) is 37.0 Å². The van der Waals surface area contributed by atoms with Crippen LogP contribution in [-0.2, 0) is 65.4 Å². The summed E-state index contributed by atoms with van der Waals surface area (Å²) in [6.07, 6.45) is 44.2. The first-order valence-electron chi connectivity index (χ1n) is 33.3. The van der Waals surface area contributed by atoms with E-state index in [1.165, 1.54) is 148 Å². The molecule has 0 bridgehead atoms. The van der Waals surface area contributed by atoms with E-state index in [0.717, 1.165) is 96.3 Å². The largest absolute Gasteiger partial charge is 0.472 e. The summed E-state index contributed by atoms with van der Waals surface area (Å²) in [6, 6.07) is 0. The normalized spacial score (nSPS) is 14.2. The highest BCUT2D eigenvalue weighted by molar-refractivity contribution is 7.47. The number of hydrogen-bond acceptors (Lipinski definition) is 15. The number of aliphatic hydroxyl groups excluding tert-OH is 1. The molecule has 82 heavy (non-hydrogen) atoms. The van der Waals surface area contributed by atoms with Crippen molar-refractivity contribution in [3.8, 4) is 0 Å². The molecule has 0 aromatic carbocycles. The molecule has 0 aromatic heterocycles. The Hall–Kier alpha value is -1.94. The maximum absolute atomic E-state index is 13.0. The summed E-state index contributed by atoms with van der Waals surface area (Å²) in [4.78, 5) is 71.5. The van der Waals surface area contributed by atoms with Gasteiger partial charge in [0.05, 0.1) is 26.4 Å². The van der Waals surface area contributed by atoms with Crippen LogP contribution in [0.5, 0.6) is 0 Å². The summed E-state index contributed by atoms with van der Waals surface area (Å²) < 4.78 is 67.4. The molecule has 0 heterocycles. The lowest BCUT2D eigenvalue weighted by molar-refractivity contribution is -0.161. The smallest absolute Gasteiger partial charge is 0.462 e. The molecule has 0 saturated carbocycles. The molecule has 0 aromatic rings. The van der Waals surface area contributed by atoms with E-state index in [-0.39, 0.29) is 25.7 Å². The molecule has 0 saturated heterocycles. The minimum Gasteiger partial charge on any atom is -0.462 e. The summed E-state index contributed by atoms with van der Waals surface area (Å²) in [7, 11) is -9.86. The van der Waals surface area contributed by atoms with Gasteiger partial charge in [-0.1, -0.05) is 272 Å². The first-order chi connectivity index (χ1) is 39.7. The molecule has 3 N–H and O–H groups in total. The van der Waals surface area contributed by atoms with Crippen LogP contribution in [0.25, 0.3) is 0 Å². The number of aliphatic hydroxyl groups is 1. The van der Waals surface area contributed by atoms with E-state index in [0.29, 0.717) is 25.7 Å². The minimum atomic E-state index is -4.94. The van der Waals surface area contributed by atoms with Gasteiger partial charge >= 0.3 is 39.5 Å². The van der Waals surface area contributed by atoms with Gasteiger partial charge < -0.3 is 33.8 Å². The molecule has 0 fully saturated rings. The van der Waals surface area contributed by atoms with Crippen molar-refractivity contribution in [3.63, 3.8) is 0 Å². The van der Waals surface area contributed by atoms with E-state index in [1.807, 2.05) is 0 Å². The van der Waals surface area contributed by atoms with Gasteiger partial charge in [-0.25, -0.2) is 9.13 Å². The van der Waals surface area contributed by atoms with Crippen molar-refractivity contribution in [1.29, 1.82) is 0 Å². The van der Waals surface area contributed by atoms with Crippen molar-refractivity contribution in [2.75, 3.05) is 39.6 Å². The SMILES string of the molecule is CCCCCCCCCCCCCCCCCCCCCCCCC(=O)O[C@H](COC(=O)CCCCCCCCCCCC)COP(=O)(O)OC[C@@H](O)COP(=O)(O)OC[C@@H](COC(=O)CCCCCCC)OC(=O)CCCCCCC. The second-order valence-electron chi connectivity index (χ2n) is 22.8. The van der Waals surface area contributed by atoms with Gasteiger partial charge in [0, 0.05) is 25.7 Å². The molecule has 2 unspecified atom stereocenters. The molecule has 486 valence electrons. The monoisotopic (exact) mass is 1210 g/mol. The lowest BCUT2D eigenvalue weighted by Gasteiger charge is -2.21. The molecule has 0 radical (unpaired) electrons. The Balaban J connectivity index is 4.98. The van der Waals surface area contributed by atoms with Crippen LogP contribution in [0.15, 0.2) is 0 Å². The summed E-state index contributed by atoms with van der Waals surface area (Å²) >= 11 is 0. The fraction of sp³-hybridized carbons (Fsp3) is 0.937. The quantitative estimate of drug-likeness (QED) is 0.0222. The number of phosphoric acid groups is 2. The highest BCUT2D eigenvalue weighted by Gasteiger charge is 2.30. The Bertz CT molecular complexity index is 1590. The molecule has 0 amide bonds. The van der Waals surface area contributed by atoms with Gasteiger partial charge in [0.1, 0.15) is 19.3 Å². The van der Waals surface area contributed by atoms with Crippen LogP contribution in [0.1, 0.15) is 323 Å². The van der Waals surface area contributed by atoms with Crippen molar-refractivity contribution in [1.82, 2.24) is 0 Å². The lowest BCUT2D eigenvalue weighted by atomic mass is 10.0. The topological polar surface area (TPSA) is 237 Å². The van der Waals surface area contributed by atoms with E-state index in [9.17, 15) is 43.2 Å². The maximum atomic E-state index is 13.0. The van der Waals surface area contributed by atoms with Crippen LogP contribution in [-0.4, -0.2) is 96.7 Å². The number of unbranched alkanes of at least 4 members (excludes halogenated alkanes) is 38. The minimum absolute atomic E-state index is 0.0991. The third-order valence-electron chi connectivity index (χ3n) is 14.6. The molecular formula is C63H122O17P2. The molecule has 0 aliphatic carbocycles. The van der Waals surface area contributed by atoms with E-state index in [2.05, 4.69) is 27.7 Å². The van der Waals surface area contributed by atoms with Crippen LogP contribution in [0.3, 0.4) is 0 Å². The zero-order valence-electron chi connectivity index (χ0n) is 52.5. The third kappa shape index (κ3) is 57.2. The Labute approximate surface area is 498 Å². The number of esters is 4. The van der Waals surface area contributed by atoms with Crippen LogP contribution in [0.2, 0.25) is 0 Å². The van der Waals surface area contributed by atoms with Gasteiger partial charge in [-0.15, -0.1) is 0 Å². The fourth-order valence-corrected chi connectivity index (χ4v) is 11.0. The van der Waals surface area contributed by atoms with Gasteiger partial charge in [0.15, 0.2) is 12.2 Å². The molecule has 5 atom stereocenters. The first-order valence-corrected chi connectivity index (χ1v) is 36.3. The number of carbonyl (C=O) groups is 4. The van der Waals surface area contributed by atoms with Gasteiger partial charge in [0.2, 0.25) is 0 Å². The summed E-state index contributed by atoms with van der Waals surface area (Å²) in [5.41, 5.74) is 0. The van der Waals surface area contributed by atoms with Crippen LogP contribution < -0.4 is 0 Å². The fourth-order valence-electron chi connectivity index (χ4n) is 9.46. The van der Waals surface area contributed by atoms with E-state index in [1.54, 1.807) is 0 Å². The van der Waals surface area contributed by atoms with E-state index < -0.39 is 97.5 Å². The van der Waals surface area contributed by atoms with Crippen LogP contribution in [0, 0.1) is 0 Å². The van der Waals surface area contributed by atoms with Gasteiger partial charge in [-0.3, -0.25) is 37.3 Å². The third-order valence-corrected chi connectivity index (χ3v) is 16.5. The van der Waals surface area contributed by atoms with Crippen molar-refractivity contribution in [2.24, 2.45) is 0 Å². The highest BCUT2D eigenvalue weighted by Crippen LogP contribution is 2.45. The molecule has 17 nitrogen and oxygen atoms in total. The van der Waals surface area contributed by atoms with E-state index >= 15 is 0 Å². The van der Waals surface area contributed by atoms with Crippen molar-refractivity contribution >= 4 is 39.5 Å². The standard InChI is InChI=1S/C63H122O17P2/c1-5-9-13-17-19-21-23-24-25-26-27-28-29-30-31-32-33-34-36-38-42-46-50-63(68)80-59(54-74-61(66)48-44-41-37-35-22-20-18-14-10-6-2)56-78-82(71,72)76-52-57(64)51-75-81(69,70)77-55-58(79-62(67)49-45-40-16-12-8-4)53-73-60(65)47-43-39-15-11-7-3/h57-59,64H,5-56H2,1-4H3,(H,69,70)(H,71,72)/t57-,58+,59+/m0/s1. The Morgan fingerprint density at radius 1 is 0.293 bits per heavy atom. The highest BCUT2D eigenvalue weighted by atomic mass is 31.2. The van der Waals surface area contributed by atoms with Crippen LogP contribution >= 0.6 is 15.6 Å². The molecule has 0 spiro atoms. The maximum Gasteiger partial charge on any atom is 0.472 e. The predicted molar refractivity (Wildman–Crippen MR) is 326 cm³/mol. The molecule has 19 heteroatoms. The summed E-state index contributed by atoms with van der Waals surface area (Å²) in [5, 5.41) is 10.5. The Kier molecular flexibility index (Phi) is 56.7. The van der Waals surface area contributed by atoms with Crippen LogP contribution in [0.4, 0.5) is 0 Å². The molecule has 0 aliphatic heterocycles. The number of hydrogen-bond donors (Lipinski definition) is 3. The number of phosphoric ester groups is 2. The molecule has 0 rings (SSSR count). The Morgan fingerprint density at radius 3 is 0.720 bits per heavy atom. The van der Waals surface area contributed by atoms with Gasteiger partial charge in [-0.2, -0.15) is 0 Å². The zero-order valence-corrected chi connectivity index (χ0v) is 54.2. The summed E-state index contributed by atoms with van der Waals surface area (Å²) in [5.74, 6) is -2.16.